The fourth-order valence-electron chi connectivity index (χ4n) is 6.61. The Bertz CT molecular complexity index is 692. The molecule has 4 aliphatic carbocycles. The van der Waals surface area contributed by atoms with Gasteiger partial charge in [-0.2, -0.15) is 0 Å². The SMILES string of the molecule is COC[C@@]1(O)C[C@@H]2[C@H](CC[C@]3(C)C(=O)CC[C@@H]23)[C@@]2(C)C=CC(=O)C=C12. The van der Waals surface area contributed by atoms with Gasteiger partial charge >= 0.3 is 0 Å². The molecule has 4 rings (SSSR count). The smallest absolute Gasteiger partial charge is 0.178 e. The molecule has 4 nitrogen and oxygen atoms in total. The van der Waals surface area contributed by atoms with Crippen LogP contribution in [-0.4, -0.2) is 36.0 Å². The average molecular weight is 344 g/mol. The normalized spacial score (nSPS) is 48.6. The highest BCUT2D eigenvalue weighted by atomic mass is 16.5. The molecule has 4 aliphatic rings. The minimum Gasteiger partial charge on any atom is -0.383 e. The summed E-state index contributed by atoms with van der Waals surface area (Å²) in [7, 11) is 1.59. The molecule has 6 atom stereocenters. The molecule has 0 saturated heterocycles. The number of hydrogen-bond acceptors (Lipinski definition) is 4. The van der Waals surface area contributed by atoms with Gasteiger partial charge in [0, 0.05) is 24.4 Å². The van der Waals surface area contributed by atoms with E-state index in [9.17, 15) is 14.7 Å². The van der Waals surface area contributed by atoms with E-state index in [1.165, 1.54) is 0 Å². The van der Waals surface area contributed by atoms with Gasteiger partial charge in [0.2, 0.25) is 0 Å². The summed E-state index contributed by atoms with van der Waals surface area (Å²) in [6.07, 6.45) is 9.35. The lowest BCUT2D eigenvalue weighted by atomic mass is 9.46. The van der Waals surface area contributed by atoms with Crippen LogP contribution in [0, 0.1) is 28.6 Å². The molecular formula is C21H28O4. The monoisotopic (exact) mass is 344 g/mol. The van der Waals surface area contributed by atoms with Gasteiger partial charge in [-0.1, -0.05) is 19.9 Å². The van der Waals surface area contributed by atoms with Gasteiger partial charge in [0.1, 0.15) is 11.4 Å². The van der Waals surface area contributed by atoms with Gasteiger partial charge < -0.3 is 9.84 Å². The molecule has 0 bridgehead atoms. The highest BCUT2D eigenvalue weighted by molar-refractivity contribution is 6.01. The van der Waals surface area contributed by atoms with Crippen LogP contribution in [0.3, 0.4) is 0 Å². The van der Waals surface area contributed by atoms with Gasteiger partial charge in [-0.25, -0.2) is 0 Å². The van der Waals surface area contributed by atoms with Crippen LogP contribution in [0.4, 0.5) is 0 Å². The number of hydrogen-bond donors (Lipinski definition) is 1. The minimum absolute atomic E-state index is 0.0582. The van der Waals surface area contributed by atoms with Gasteiger partial charge in [-0.05, 0) is 61.2 Å². The van der Waals surface area contributed by atoms with E-state index in [4.69, 9.17) is 4.74 Å². The third-order valence-electron chi connectivity index (χ3n) is 7.83. The molecule has 0 aromatic carbocycles. The molecule has 25 heavy (non-hydrogen) atoms. The molecule has 4 heteroatoms. The van der Waals surface area contributed by atoms with Crippen LogP contribution in [0.1, 0.15) is 46.0 Å². The van der Waals surface area contributed by atoms with Crippen molar-refractivity contribution in [1.29, 1.82) is 0 Å². The molecule has 0 aliphatic heterocycles. The fourth-order valence-corrected chi connectivity index (χ4v) is 6.61. The summed E-state index contributed by atoms with van der Waals surface area (Å²) in [6.45, 7) is 4.47. The van der Waals surface area contributed by atoms with Gasteiger partial charge in [0.05, 0.1) is 6.61 Å². The Balaban J connectivity index is 1.81. The molecule has 3 fully saturated rings. The van der Waals surface area contributed by atoms with E-state index in [0.717, 1.165) is 24.8 Å². The Morgan fingerprint density at radius 3 is 2.72 bits per heavy atom. The number of ketones is 2. The maximum atomic E-state index is 12.5. The Morgan fingerprint density at radius 2 is 2.00 bits per heavy atom. The van der Waals surface area contributed by atoms with E-state index in [1.54, 1.807) is 19.3 Å². The Kier molecular flexibility index (Phi) is 3.69. The first kappa shape index (κ1) is 17.2. The topological polar surface area (TPSA) is 63.6 Å². The summed E-state index contributed by atoms with van der Waals surface area (Å²) < 4.78 is 5.36. The molecular weight excluding hydrogens is 316 g/mol. The summed E-state index contributed by atoms with van der Waals surface area (Å²) in [6, 6.07) is 0. The molecule has 1 N–H and O–H groups in total. The lowest BCUT2D eigenvalue weighted by Gasteiger charge is -2.59. The van der Waals surface area contributed by atoms with Gasteiger partial charge in [0.25, 0.3) is 0 Å². The molecule has 136 valence electrons. The van der Waals surface area contributed by atoms with Gasteiger partial charge in [-0.15, -0.1) is 0 Å². The Morgan fingerprint density at radius 1 is 1.24 bits per heavy atom. The first-order valence-electron chi connectivity index (χ1n) is 9.45. The zero-order valence-electron chi connectivity index (χ0n) is 15.4. The predicted molar refractivity (Wildman–Crippen MR) is 93.8 cm³/mol. The molecule has 0 unspecified atom stereocenters. The second-order valence-corrected chi connectivity index (χ2v) is 9.04. The van der Waals surface area contributed by atoms with Crippen LogP contribution in [-0.2, 0) is 14.3 Å². The summed E-state index contributed by atoms with van der Waals surface area (Å²) in [5.74, 6) is 1.31. The van der Waals surface area contributed by atoms with E-state index in [2.05, 4.69) is 13.8 Å². The summed E-state index contributed by atoms with van der Waals surface area (Å²) >= 11 is 0. The molecule has 0 radical (unpaired) electrons. The Labute approximate surface area is 149 Å². The zero-order valence-corrected chi connectivity index (χ0v) is 15.4. The average Bonchev–Trinajstić information content (AvgIpc) is 2.85. The van der Waals surface area contributed by atoms with E-state index in [0.29, 0.717) is 30.5 Å². The van der Waals surface area contributed by atoms with Crippen molar-refractivity contribution in [2.24, 2.45) is 28.6 Å². The van der Waals surface area contributed by atoms with Crippen molar-refractivity contribution in [2.75, 3.05) is 13.7 Å². The molecule has 0 heterocycles. The molecule has 0 aromatic rings. The summed E-state index contributed by atoms with van der Waals surface area (Å²) in [5.41, 5.74) is -0.893. The van der Waals surface area contributed by atoms with Crippen molar-refractivity contribution >= 4 is 11.6 Å². The molecule has 0 spiro atoms. The Hall–Kier alpha value is -1.26. The van der Waals surface area contributed by atoms with Crippen LogP contribution in [0.2, 0.25) is 0 Å². The van der Waals surface area contributed by atoms with E-state index < -0.39 is 5.60 Å². The van der Waals surface area contributed by atoms with Crippen LogP contribution in [0.5, 0.6) is 0 Å². The molecule has 0 aromatic heterocycles. The number of fused-ring (bicyclic) bond motifs is 5. The van der Waals surface area contributed by atoms with Gasteiger partial charge in [0.15, 0.2) is 5.78 Å². The quantitative estimate of drug-likeness (QED) is 0.837. The molecule has 3 saturated carbocycles. The lowest BCUT2D eigenvalue weighted by Crippen LogP contribution is -2.58. The number of ether oxygens (including phenoxy) is 1. The summed E-state index contributed by atoms with van der Waals surface area (Å²) in [5, 5.41) is 11.5. The van der Waals surface area contributed by atoms with E-state index in [-0.39, 0.29) is 29.1 Å². The number of Topliss-reactive ketones (excluding diaryl/α,β-unsaturated/α-hetero) is 1. The minimum atomic E-state index is -1.13. The van der Waals surface area contributed by atoms with Crippen molar-refractivity contribution in [1.82, 2.24) is 0 Å². The van der Waals surface area contributed by atoms with Crippen molar-refractivity contribution in [3.05, 3.63) is 23.8 Å². The predicted octanol–water partition coefficient (Wildman–Crippen LogP) is 2.85. The number of allylic oxidation sites excluding steroid dienone is 3. The van der Waals surface area contributed by atoms with Crippen molar-refractivity contribution in [2.45, 2.75) is 51.6 Å². The van der Waals surface area contributed by atoms with Crippen LogP contribution in [0.15, 0.2) is 23.8 Å². The highest BCUT2D eigenvalue weighted by Crippen LogP contribution is 2.65. The van der Waals surface area contributed by atoms with Crippen molar-refractivity contribution in [3.8, 4) is 0 Å². The third-order valence-corrected chi connectivity index (χ3v) is 7.83. The number of rotatable bonds is 2. The highest BCUT2D eigenvalue weighted by Gasteiger charge is 2.63. The van der Waals surface area contributed by atoms with Crippen LogP contribution < -0.4 is 0 Å². The number of aliphatic hydroxyl groups is 1. The third kappa shape index (κ3) is 2.20. The number of carbonyl (C=O) groups excluding carboxylic acids is 2. The first-order valence-corrected chi connectivity index (χ1v) is 9.45. The molecule has 0 amide bonds. The van der Waals surface area contributed by atoms with E-state index >= 15 is 0 Å². The lowest BCUT2D eigenvalue weighted by molar-refractivity contribution is -0.139. The standard InChI is InChI=1S/C21H28O4/c1-19-8-6-13(22)10-17(19)21(24,12-25-3)11-14-15-4-5-18(23)20(15,2)9-7-16(14)19/h6,8,10,14-16,24H,4-5,7,9,11-12H2,1-3H3/t14-,15-,16-,19+,20-,21-/m0/s1. The maximum absolute atomic E-state index is 12.5. The number of carbonyl (C=O) groups is 2. The largest absolute Gasteiger partial charge is 0.383 e. The van der Waals surface area contributed by atoms with E-state index in [1.807, 2.05) is 6.08 Å². The van der Waals surface area contributed by atoms with Crippen LogP contribution >= 0.6 is 0 Å². The van der Waals surface area contributed by atoms with Gasteiger partial charge in [-0.3, -0.25) is 9.59 Å². The maximum Gasteiger partial charge on any atom is 0.178 e. The van der Waals surface area contributed by atoms with Crippen molar-refractivity contribution < 1.29 is 19.4 Å². The second kappa shape index (κ2) is 5.37. The second-order valence-electron chi connectivity index (χ2n) is 9.04. The van der Waals surface area contributed by atoms with Crippen LogP contribution in [0.25, 0.3) is 0 Å². The number of methoxy groups -OCH3 is 1. The summed E-state index contributed by atoms with van der Waals surface area (Å²) in [4.78, 5) is 24.6. The van der Waals surface area contributed by atoms with Crippen molar-refractivity contribution in [3.63, 3.8) is 0 Å². The zero-order chi connectivity index (χ0) is 18.0. The first-order chi connectivity index (χ1) is 11.7. The fraction of sp³-hybridized carbons (Fsp3) is 0.714.